The number of piperazine rings is 1. The van der Waals surface area contributed by atoms with Crippen molar-refractivity contribution in [2.24, 2.45) is 0 Å². The van der Waals surface area contributed by atoms with Crippen molar-refractivity contribution in [3.63, 3.8) is 0 Å². The third-order valence-corrected chi connectivity index (χ3v) is 6.67. The minimum Gasteiger partial charge on any atom is -0.339 e. The molecule has 1 aliphatic heterocycles. The van der Waals surface area contributed by atoms with Crippen LogP contribution in [-0.2, 0) is 14.8 Å². The van der Waals surface area contributed by atoms with Gasteiger partial charge in [-0.1, -0.05) is 30.1 Å². The lowest BCUT2D eigenvalue weighted by atomic mass is 10.3. The molecule has 0 radical (unpaired) electrons. The van der Waals surface area contributed by atoms with E-state index in [2.05, 4.69) is 4.90 Å². The zero-order valence-corrected chi connectivity index (χ0v) is 16.0. The average molecular weight is 394 g/mol. The first-order valence-corrected chi connectivity index (χ1v) is 9.86. The number of carbonyl (C=O) groups is 1. The van der Waals surface area contributed by atoms with Crippen LogP contribution in [-0.4, -0.2) is 74.7 Å². The van der Waals surface area contributed by atoms with Crippen LogP contribution in [0.5, 0.6) is 0 Å². The fourth-order valence-corrected chi connectivity index (χ4v) is 4.62. The third kappa shape index (κ3) is 4.40. The summed E-state index contributed by atoms with van der Waals surface area (Å²) in [6.45, 7) is 4.43. The standard InChI is InChI=1S/C15H21Cl2N3O3S/c1-3-20(11-15(21)19-8-6-18(2)7-9-19)24(22,23)14-10-12(16)4-5-13(14)17/h4-5,10H,3,6-9,11H2,1-2H3. The number of likely N-dealkylation sites (N-methyl/N-ethyl adjacent to an activating group) is 2. The molecule has 1 saturated heterocycles. The van der Waals surface area contributed by atoms with E-state index in [1.807, 2.05) is 7.05 Å². The molecule has 0 bridgehead atoms. The summed E-state index contributed by atoms with van der Waals surface area (Å²) >= 11 is 11.9. The fraction of sp³-hybridized carbons (Fsp3) is 0.533. The summed E-state index contributed by atoms with van der Waals surface area (Å²) in [5.74, 6) is -0.202. The topological polar surface area (TPSA) is 60.9 Å². The maximum Gasteiger partial charge on any atom is 0.245 e. The SMILES string of the molecule is CCN(CC(=O)N1CCN(C)CC1)S(=O)(=O)c1cc(Cl)ccc1Cl. The molecule has 2 rings (SSSR count). The summed E-state index contributed by atoms with van der Waals surface area (Å²) < 4.78 is 26.8. The molecule has 0 N–H and O–H groups in total. The maximum absolute atomic E-state index is 12.8. The molecule has 9 heteroatoms. The van der Waals surface area contributed by atoms with Gasteiger partial charge in [-0.25, -0.2) is 8.42 Å². The van der Waals surface area contributed by atoms with Crippen LogP contribution in [0.25, 0.3) is 0 Å². The number of hydrogen-bond donors (Lipinski definition) is 0. The Hall–Kier alpha value is -0.860. The van der Waals surface area contributed by atoms with Crippen LogP contribution in [0.15, 0.2) is 23.1 Å². The Morgan fingerprint density at radius 3 is 2.42 bits per heavy atom. The summed E-state index contributed by atoms with van der Waals surface area (Å²) in [5, 5.41) is 0.365. The van der Waals surface area contributed by atoms with Gasteiger partial charge in [-0.3, -0.25) is 4.79 Å². The summed E-state index contributed by atoms with van der Waals surface area (Å²) in [4.78, 5) is 16.2. The Balaban J connectivity index is 2.18. The number of amides is 1. The first-order chi connectivity index (χ1) is 11.3. The van der Waals surface area contributed by atoms with Gasteiger partial charge in [0.05, 0.1) is 11.6 Å². The van der Waals surface area contributed by atoms with Crippen molar-refractivity contribution in [3.05, 3.63) is 28.2 Å². The van der Waals surface area contributed by atoms with Crippen LogP contribution in [0.1, 0.15) is 6.92 Å². The smallest absolute Gasteiger partial charge is 0.245 e. The fourth-order valence-electron chi connectivity index (χ4n) is 2.49. The molecule has 0 saturated carbocycles. The Bertz CT molecular complexity index is 704. The summed E-state index contributed by atoms with van der Waals surface area (Å²) in [5.41, 5.74) is 0. The van der Waals surface area contributed by atoms with E-state index in [1.54, 1.807) is 11.8 Å². The van der Waals surface area contributed by atoms with Crippen molar-refractivity contribution in [1.82, 2.24) is 14.1 Å². The third-order valence-electron chi connectivity index (χ3n) is 4.03. The van der Waals surface area contributed by atoms with E-state index in [9.17, 15) is 13.2 Å². The number of halogens is 2. The molecular formula is C15H21Cl2N3O3S. The molecule has 1 aromatic rings. The van der Waals surface area contributed by atoms with E-state index in [-0.39, 0.29) is 33.9 Å². The quantitative estimate of drug-likeness (QED) is 0.764. The molecule has 0 spiro atoms. The van der Waals surface area contributed by atoms with E-state index in [4.69, 9.17) is 23.2 Å². The van der Waals surface area contributed by atoms with Gasteiger partial charge in [-0.05, 0) is 25.2 Å². The zero-order valence-electron chi connectivity index (χ0n) is 13.7. The van der Waals surface area contributed by atoms with E-state index in [0.717, 1.165) is 17.4 Å². The van der Waals surface area contributed by atoms with E-state index in [0.29, 0.717) is 13.1 Å². The summed E-state index contributed by atoms with van der Waals surface area (Å²) in [6, 6.07) is 4.27. The summed E-state index contributed by atoms with van der Waals surface area (Å²) in [7, 11) is -1.90. The molecule has 1 aliphatic rings. The van der Waals surface area contributed by atoms with Crippen molar-refractivity contribution >= 4 is 39.1 Å². The highest BCUT2D eigenvalue weighted by Crippen LogP contribution is 2.27. The zero-order chi connectivity index (χ0) is 17.9. The van der Waals surface area contributed by atoms with Crippen molar-refractivity contribution < 1.29 is 13.2 Å². The molecule has 1 aromatic carbocycles. The van der Waals surface area contributed by atoms with Gasteiger partial charge in [-0.15, -0.1) is 0 Å². The molecule has 0 unspecified atom stereocenters. The van der Waals surface area contributed by atoms with Gasteiger partial charge in [0.15, 0.2) is 0 Å². The van der Waals surface area contributed by atoms with Gasteiger partial charge >= 0.3 is 0 Å². The Kier molecular flexibility index (Phi) is 6.50. The van der Waals surface area contributed by atoms with Gasteiger partial charge in [0, 0.05) is 37.7 Å². The van der Waals surface area contributed by atoms with Gasteiger partial charge in [0.1, 0.15) is 4.90 Å². The lowest BCUT2D eigenvalue weighted by Gasteiger charge is -2.33. The second-order valence-corrected chi connectivity index (χ2v) is 8.44. The van der Waals surface area contributed by atoms with Crippen LogP contribution < -0.4 is 0 Å². The van der Waals surface area contributed by atoms with Crippen LogP contribution in [0.4, 0.5) is 0 Å². The number of hydrogen-bond acceptors (Lipinski definition) is 4. The highest BCUT2D eigenvalue weighted by Gasteiger charge is 2.30. The van der Waals surface area contributed by atoms with Gasteiger partial charge in [0.2, 0.25) is 15.9 Å². The Morgan fingerprint density at radius 1 is 1.21 bits per heavy atom. The molecule has 0 atom stereocenters. The first-order valence-electron chi connectivity index (χ1n) is 7.67. The van der Waals surface area contributed by atoms with Crippen molar-refractivity contribution in [2.45, 2.75) is 11.8 Å². The van der Waals surface area contributed by atoms with Crippen LogP contribution in [0.2, 0.25) is 10.0 Å². The first kappa shape index (κ1) is 19.5. The van der Waals surface area contributed by atoms with E-state index < -0.39 is 10.0 Å². The van der Waals surface area contributed by atoms with Crippen LogP contribution in [0.3, 0.4) is 0 Å². The summed E-state index contributed by atoms with van der Waals surface area (Å²) in [6.07, 6.45) is 0. The predicted octanol–water partition coefficient (Wildman–Crippen LogP) is 1.78. The Labute approximate surface area is 153 Å². The van der Waals surface area contributed by atoms with Gasteiger partial charge in [-0.2, -0.15) is 4.31 Å². The largest absolute Gasteiger partial charge is 0.339 e. The molecule has 0 aromatic heterocycles. The monoisotopic (exact) mass is 393 g/mol. The number of nitrogens with zero attached hydrogens (tertiary/aromatic N) is 3. The lowest BCUT2D eigenvalue weighted by molar-refractivity contribution is -0.132. The minimum absolute atomic E-state index is 0.0790. The maximum atomic E-state index is 12.8. The molecule has 6 nitrogen and oxygen atoms in total. The number of sulfonamides is 1. The molecule has 0 aliphatic carbocycles. The molecule has 1 heterocycles. The lowest BCUT2D eigenvalue weighted by Crippen LogP contribution is -2.50. The Morgan fingerprint density at radius 2 is 1.83 bits per heavy atom. The normalized spacial score (nSPS) is 16.6. The molecular weight excluding hydrogens is 373 g/mol. The van der Waals surface area contributed by atoms with Crippen LogP contribution in [0, 0.1) is 0 Å². The number of rotatable bonds is 5. The van der Waals surface area contributed by atoms with Crippen molar-refractivity contribution in [1.29, 1.82) is 0 Å². The van der Waals surface area contributed by atoms with Gasteiger partial charge < -0.3 is 9.80 Å². The number of carbonyl (C=O) groups excluding carboxylic acids is 1. The van der Waals surface area contributed by atoms with E-state index in [1.165, 1.54) is 18.2 Å². The molecule has 1 amide bonds. The van der Waals surface area contributed by atoms with Crippen LogP contribution >= 0.6 is 23.2 Å². The second-order valence-electron chi connectivity index (χ2n) is 5.69. The highest BCUT2D eigenvalue weighted by atomic mass is 35.5. The van der Waals surface area contributed by atoms with Crippen molar-refractivity contribution in [3.8, 4) is 0 Å². The number of benzene rings is 1. The average Bonchev–Trinajstić information content (AvgIpc) is 2.55. The van der Waals surface area contributed by atoms with Gasteiger partial charge in [0.25, 0.3) is 0 Å². The molecule has 134 valence electrons. The second kappa shape index (κ2) is 8.01. The molecule has 24 heavy (non-hydrogen) atoms. The molecule has 1 fully saturated rings. The minimum atomic E-state index is -3.89. The highest BCUT2D eigenvalue weighted by molar-refractivity contribution is 7.89. The predicted molar refractivity (Wildman–Crippen MR) is 95.0 cm³/mol. The van der Waals surface area contributed by atoms with E-state index >= 15 is 0 Å². The van der Waals surface area contributed by atoms with Crippen molar-refractivity contribution in [2.75, 3.05) is 46.3 Å².